The Labute approximate surface area is 115 Å². The van der Waals surface area contributed by atoms with Crippen molar-refractivity contribution in [1.29, 1.82) is 5.26 Å². The highest BCUT2D eigenvalue weighted by molar-refractivity contribution is 7.21. The van der Waals surface area contributed by atoms with Crippen molar-refractivity contribution in [2.75, 3.05) is 18.8 Å². The highest BCUT2D eigenvalue weighted by atomic mass is 32.1. The van der Waals surface area contributed by atoms with Crippen LogP contribution in [0.25, 0.3) is 10.1 Å². The summed E-state index contributed by atoms with van der Waals surface area (Å²) in [5.74, 6) is -0.114. The van der Waals surface area contributed by atoms with Crippen LogP contribution in [0.4, 0.5) is 5.69 Å². The van der Waals surface area contributed by atoms with Gasteiger partial charge in [-0.05, 0) is 13.0 Å². The fraction of sp³-hybridized carbons (Fsp3) is 0.308. The lowest BCUT2D eigenvalue weighted by atomic mass is 10.2. The summed E-state index contributed by atoms with van der Waals surface area (Å²) < 4.78 is 0.902. The number of nitrogens with two attached hydrogens (primary N) is 1. The zero-order chi connectivity index (χ0) is 13.8. The van der Waals surface area contributed by atoms with E-state index < -0.39 is 0 Å². The van der Waals surface area contributed by atoms with Gasteiger partial charge in [0, 0.05) is 30.9 Å². The maximum absolute atomic E-state index is 12.4. The number of pyridine rings is 1. The van der Waals surface area contributed by atoms with Crippen molar-refractivity contribution < 1.29 is 4.79 Å². The minimum atomic E-state index is -0.114. The van der Waals surface area contributed by atoms with E-state index in [0.717, 1.165) is 10.1 Å². The third-order valence-corrected chi connectivity index (χ3v) is 4.03. The molecule has 5 nitrogen and oxygen atoms in total. The Hall–Kier alpha value is -2.13. The first-order chi connectivity index (χ1) is 9.19. The van der Waals surface area contributed by atoms with Gasteiger partial charge in [-0.15, -0.1) is 11.3 Å². The van der Waals surface area contributed by atoms with Crippen LogP contribution >= 0.6 is 11.3 Å². The van der Waals surface area contributed by atoms with Crippen LogP contribution < -0.4 is 5.73 Å². The lowest BCUT2D eigenvalue weighted by molar-refractivity contribution is 0.0773. The molecule has 0 aliphatic carbocycles. The van der Waals surface area contributed by atoms with E-state index in [9.17, 15) is 4.79 Å². The summed E-state index contributed by atoms with van der Waals surface area (Å²) in [5, 5.41) is 9.47. The highest BCUT2D eigenvalue weighted by Crippen LogP contribution is 2.33. The number of rotatable bonds is 4. The molecule has 6 heteroatoms. The second-order valence-electron chi connectivity index (χ2n) is 4.01. The number of amides is 1. The Kier molecular flexibility index (Phi) is 3.97. The van der Waals surface area contributed by atoms with Gasteiger partial charge in [0.1, 0.15) is 4.88 Å². The Balaban J connectivity index is 2.35. The highest BCUT2D eigenvalue weighted by Gasteiger charge is 2.20. The molecule has 0 atom stereocenters. The van der Waals surface area contributed by atoms with E-state index in [1.54, 1.807) is 17.3 Å². The number of hydrogen-bond donors (Lipinski definition) is 1. The number of hydrogen-bond acceptors (Lipinski definition) is 5. The predicted molar refractivity (Wildman–Crippen MR) is 75.8 cm³/mol. The summed E-state index contributed by atoms with van der Waals surface area (Å²) in [6, 6.07) is 3.86. The molecule has 0 saturated carbocycles. The maximum atomic E-state index is 12.4. The number of nitrogen functional groups attached to an aromatic ring is 1. The average Bonchev–Trinajstić information content (AvgIpc) is 2.77. The summed E-state index contributed by atoms with van der Waals surface area (Å²) in [6.07, 6.45) is 3.69. The molecule has 0 spiro atoms. The average molecular weight is 274 g/mol. The first-order valence-corrected chi connectivity index (χ1v) is 6.78. The first kappa shape index (κ1) is 13.3. The molecule has 0 saturated heterocycles. The number of fused-ring (bicyclic) bond motifs is 1. The summed E-state index contributed by atoms with van der Waals surface area (Å²) >= 11 is 1.35. The number of carbonyl (C=O) groups is 1. The second-order valence-corrected chi connectivity index (χ2v) is 5.06. The topological polar surface area (TPSA) is 83.0 Å². The minimum Gasteiger partial charge on any atom is -0.397 e. The quantitative estimate of drug-likeness (QED) is 0.926. The van der Waals surface area contributed by atoms with Crippen LogP contribution in [0.1, 0.15) is 23.0 Å². The molecule has 0 aromatic carbocycles. The van der Waals surface area contributed by atoms with Crippen LogP contribution in [0.5, 0.6) is 0 Å². The predicted octanol–water partition coefficient (Wildman–Crippen LogP) is 2.25. The van der Waals surface area contributed by atoms with Crippen molar-refractivity contribution in [3.8, 4) is 6.07 Å². The molecule has 0 unspecified atom stereocenters. The standard InChI is InChI=1S/C13H14N4OS/c1-2-17(7-3-5-14)13(18)12-11(15)9-4-6-16-8-10(9)19-12/h4,6,8H,2-3,7,15H2,1H3. The smallest absolute Gasteiger partial charge is 0.266 e. The molecule has 0 fully saturated rings. The molecule has 2 N–H and O–H groups in total. The van der Waals surface area contributed by atoms with Gasteiger partial charge in [-0.2, -0.15) is 5.26 Å². The molecule has 0 radical (unpaired) electrons. The normalized spacial score (nSPS) is 10.3. The van der Waals surface area contributed by atoms with Crippen molar-refractivity contribution in [3.05, 3.63) is 23.3 Å². The fourth-order valence-electron chi connectivity index (χ4n) is 1.86. The Morgan fingerprint density at radius 1 is 1.63 bits per heavy atom. The zero-order valence-corrected chi connectivity index (χ0v) is 11.4. The lowest BCUT2D eigenvalue weighted by Gasteiger charge is -2.18. The molecule has 98 valence electrons. The summed E-state index contributed by atoms with van der Waals surface area (Å²) in [5.41, 5.74) is 6.53. The van der Waals surface area contributed by atoms with Crippen molar-refractivity contribution >= 4 is 33.0 Å². The second kappa shape index (κ2) is 5.67. The Morgan fingerprint density at radius 2 is 2.42 bits per heavy atom. The van der Waals surface area contributed by atoms with Crippen molar-refractivity contribution in [2.24, 2.45) is 0 Å². The molecular weight excluding hydrogens is 260 g/mol. The molecular formula is C13H14N4OS. The van der Waals surface area contributed by atoms with Crippen molar-refractivity contribution in [1.82, 2.24) is 9.88 Å². The molecule has 2 rings (SSSR count). The van der Waals surface area contributed by atoms with Gasteiger partial charge in [0.25, 0.3) is 5.91 Å². The summed E-state index contributed by atoms with van der Waals surface area (Å²) in [7, 11) is 0. The Morgan fingerprint density at radius 3 is 3.05 bits per heavy atom. The van der Waals surface area contributed by atoms with Gasteiger partial charge in [-0.3, -0.25) is 9.78 Å². The van der Waals surface area contributed by atoms with Crippen LogP contribution in [0, 0.1) is 11.3 Å². The number of carbonyl (C=O) groups excluding carboxylic acids is 1. The van der Waals surface area contributed by atoms with E-state index >= 15 is 0 Å². The molecule has 0 bridgehead atoms. The van der Waals surface area contributed by atoms with E-state index in [2.05, 4.69) is 4.98 Å². The number of nitrogens with zero attached hydrogens (tertiary/aromatic N) is 3. The molecule has 2 aromatic heterocycles. The third kappa shape index (κ3) is 2.51. The maximum Gasteiger partial charge on any atom is 0.266 e. The molecule has 2 aromatic rings. The van der Waals surface area contributed by atoms with E-state index in [1.807, 2.05) is 19.1 Å². The van der Waals surface area contributed by atoms with Crippen molar-refractivity contribution in [2.45, 2.75) is 13.3 Å². The van der Waals surface area contributed by atoms with Gasteiger partial charge < -0.3 is 10.6 Å². The number of nitriles is 1. The zero-order valence-electron chi connectivity index (χ0n) is 10.6. The van der Waals surface area contributed by atoms with E-state index in [-0.39, 0.29) is 5.91 Å². The van der Waals surface area contributed by atoms with Crippen LogP contribution in [0.3, 0.4) is 0 Å². The molecule has 19 heavy (non-hydrogen) atoms. The summed E-state index contributed by atoms with van der Waals surface area (Å²) in [4.78, 5) is 18.6. The van der Waals surface area contributed by atoms with Crippen molar-refractivity contribution in [3.63, 3.8) is 0 Å². The van der Waals surface area contributed by atoms with E-state index in [1.165, 1.54) is 11.3 Å². The molecule has 1 amide bonds. The summed E-state index contributed by atoms with van der Waals surface area (Å²) in [6.45, 7) is 2.88. The van der Waals surface area contributed by atoms with Gasteiger partial charge in [-0.25, -0.2) is 0 Å². The fourth-order valence-corrected chi connectivity index (χ4v) is 2.92. The van der Waals surface area contributed by atoms with Crippen LogP contribution in [0.2, 0.25) is 0 Å². The van der Waals surface area contributed by atoms with Gasteiger partial charge in [0.05, 0.1) is 22.9 Å². The first-order valence-electron chi connectivity index (χ1n) is 5.97. The minimum absolute atomic E-state index is 0.114. The third-order valence-electron chi connectivity index (χ3n) is 2.89. The monoisotopic (exact) mass is 274 g/mol. The van der Waals surface area contributed by atoms with Crippen LogP contribution in [-0.4, -0.2) is 28.9 Å². The van der Waals surface area contributed by atoms with E-state index in [0.29, 0.717) is 30.1 Å². The SMILES string of the molecule is CCN(CCC#N)C(=O)c1sc2cnccc2c1N. The van der Waals surface area contributed by atoms with Gasteiger partial charge in [0.15, 0.2) is 0 Å². The number of aromatic nitrogens is 1. The number of thiophene rings is 1. The van der Waals surface area contributed by atoms with Gasteiger partial charge >= 0.3 is 0 Å². The Bertz CT molecular complexity index is 644. The molecule has 0 aliphatic rings. The number of anilines is 1. The molecule has 0 aliphatic heterocycles. The van der Waals surface area contributed by atoms with Crippen LogP contribution in [-0.2, 0) is 0 Å². The largest absolute Gasteiger partial charge is 0.397 e. The van der Waals surface area contributed by atoms with Gasteiger partial charge in [-0.1, -0.05) is 0 Å². The molecule has 2 heterocycles. The van der Waals surface area contributed by atoms with Crippen LogP contribution in [0.15, 0.2) is 18.5 Å². The lowest BCUT2D eigenvalue weighted by Crippen LogP contribution is -2.31. The van der Waals surface area contributed by atoms with Gasteiger partial charge in [0.2, 0.25) is 0 Å². The van der Waals surface area contributed by atoms with E-state index in [4.69, 9.17) is 11.0 Å².